The van der Waals surface area contributed by atoms with Crippen LogP contribution in [-0.4, -0.2) is 21.6 Å². The molecule has 0 aliphatic carbocycles. The van der Waals surface area contributed by atoms with E-state index in [0.29, 0.717) is 10.8 Å². The standard InChI is InChI=1S/C18H17ClN2O4/c1-9-7-12(5-6-14(9)19)25-11(3)16(22)15-10(2)13(8-20)17(23)21(4)18(15)24/h5-7,11,24H,1-4H3. The summed E-state index contributed by atoms with van der Waals surface area (Å²) in [4.78, 5) is 24.7. The molecule has 0 aliphatic heterocycles. The zero-order valence-electron chi connectivity index (χ0n) is 14.3. The summed E-state index contributed by atoms with van der Waals surface area (Å²) in [6.45, 7) is 4.79. The van der Waals surface area contributed by atoms with Crippen LogP contribution in [-0.2, 0) is 7.05 Å². The van der Waals surface area contributed by atoms with E-state index >= 15 is 0 Å². The van der Waals surface area contributed by atoms with Crippen LogP contribution in [0.5, 0.6) is 11.6 Å². The highest BCUT2D eigenvalue weighted by atomic mass is 35.5. The number of nitriles is 1. The quantitative estimate of drug-likeness (QED) is 0.846. The van der Waals surface area contributed by atoms with Crippen LogP contribution in [0.4, 0.5) is 0 Å². The van der Waals surface area contributed by atoms with Crippen LogP contribution in [0.3, 0.4) is 0 Å². The molecule has 6 nitrogen and oxygen atoms in total. The van der Waals surface area contributed by atoms with E-state index in [1.165, 1.54) is 20.9 Å². The number of aromatic nitrogens is 1. The summed E-state index contributed by atoms with van der Waals surface area (Å²) in [5, 5.41) is 19.9. The van der Waals surface area contributed by atoms with Gasteiger partial charge in [0.1, 0.15) is 17.4 Å². The van der Waals surface area contributed by atoms with Crippen LogP contribution in [0.1, 0.15) is 34.0 Å². The van der Waals surface area contributed by atoms with Crippen molar-refractivity contribution in [1.29, 1.82) is 5.26 Å². The predicted octanol–water partition coefficient (Wildman–Crippen LogP) is 2.88. The van der Waals surface area contributed by atoms with Gasteiger partial charge in [0.2, 0.25) is 11.7 Å². The topological polar surface area (TPSA) is 92.3 Å². The highest BCUT2D eigenvalue weighted by Crippen LogP contribution is 2.26. The monoisotopic (exact) mass is 360 g/mol. The first-order chi connectivity index (χ1) is 11.7. The normalized spacial score (nSPS) is 11.7. The van der Waals surface area contributed by atoms with E-state index in [1.807, 2.05) is 6.92 Å². The van der Waals surface area contributed by atoms with Crippen LogP contribution in [0.25, 0.3) is 0 Å². The fourth-order valence-electron chi connectivity index (χ4n) is 2.46. The maximum absolute atomic E-state index is 12.7. The van der Waals surface area contributed by atoms with Crippen LogP contribution < -0.4 is 10.3 Å². The Kier molecular flexibility index (Phi) is 5.19. The molecular weight excluding hydrogens is 344 g/mol. The van der Waals surface area contributed by atoms with E-state index in [0.717, 1.165) is 10.1 Å². The number of carbonyl (C=O) groups is 1. The number of aryl methyl sites for hydroxylation is 1. The van der Waals surface area contributed by atoms with Gasteiger partial charge in [-0.25, -0.2) is 0 Å². The van der Waals surface area contributed by atoms with Crippen molar-refractivity contribution in [3.05, 3.63) is 55.8 Å². The molecule has 0 fully saturated rings. The molecule has 7 heteroatoms. The van der Waals surface area contributed by atoms with Gasteiger partial charge < -0.3 is 9.84 Å². The molecule has 1 aromatic carbocycles. The van der Waals surface area contributed by atoms with Gasteiger partial charge >= 0.3 is 0 Å². The van der Waals surface area contributed by atoms with Crippen molar-refractivity contribution in [3.8, 4) is 17.7 Å². The minimum Gasteiger partial charge on any atom is -0.494 e. The fraction of sp³-hybridized carbons (Fsp3) is 0.278. The van der Waals surface area contributed by atoms with E-state index in [9.17, 15) is 14.7 Å². The van der Waals surface area contributed by atoms with Gasteiger partial charge in [-0.05, 0) is 50.1 Å². The summed E-state index contributed by atoms with van der Waals surface area (Å²) in [7, 11) is 1.29. The largest absolute Gasteiger partial charge is 0.494 e. The highest BCUT2D eigenvalue weighted by molar-refractivity contribution is 6.31. The van der Waals surface area contributed by atoms with Crippen LogP contribution >= 0.6 is 11.6 Å². The van der Waals surface area contributed by atoms with Crippen molar-refractivity contribution in [2.75, 3.05) is 0 Å². The highest BCUT2D eigenvalue weighted by Gasteiger charge is 2.27. The van der Waals surface area contributed by atoms with E-state index in [4.69, 9.17) is 21.6 Å². The first kappa shape index (κ1) is 18.6. The van der Waals surface area contributed by atoms with Crippen molar-refractivity contribution in [2.24, 2.45) is 7.05 Å². The molecule has 1 heterocycles. The number of pyridine rings is 1. The predicted molar refractivity (Wildman–Crippen MR) is 93.4 cm³/mol. The van der Waals surface area contributed by atoms with Gasteiger partial charge in [0.05, 0.1) is 5.56 Å². The van der Waals surface area contributed by atoms with Gasteiger partial charge in [-0.15, -0.1) is 0 Å². The molecule has 1 aromatic heterocycles. The van der Waals surface area contributed by atoms with Crippen molar-refractivity contribution in [3.63, 3.8) is 0 Å². The molecule has 0 saturated carbocycles. The Hall–Kier alpha value is -2.78. The summed E-state index contributed by atoms with van der Waals surface area (Å²) < 4.78 is 6.50. The number of benzene rings is 1. The minimum atomic E-state index is -0.936. The number of carbonyl (C=O) groups excluding carboxylic acids is 1. The van der Waals surface area contributed by atoms with Crippen LogP contribution in [0, 0.1) is 25.2 Å². The second-order valence-electron chi connectivity index (χ2n) is 5.71. The number of hydrogen-bond acceptors (Lipinski definition) is 5. The molecular formula is C18H17ClN2O4. The Morgan fingerprint density at radius 1 is 1.40 bits per heavy atom. The summed E-state index contributed by atoms with van der Waals surface area (Å²) in [6, 6.07) is 6.76. The number of halogens is 1. The summed E-state index contributed by atoms with van der Waals surface area (Å²) in [5.74, 6) is -0.575. The summed E-state index contributed by atoms with van der Waals surface area (Å²) in [6.07, 6.45) is -0.936. The Balaban J connectivity index is 2.43. The second-order valence-corrected chi connectivity index (χ2v) is 6.12. The molecule has 1 atom stereocenters. The maximum atomic E-state index is 12.7. The van der Waals surface area contributed by atoms with Gasteiger partial charge in [0, 0.05) is 12.1 Å². The summed E-state index contributed by atoms with van der Waals surface area (Å²) in [5.41, 5.74) is -0.00600. The molecule has 0 aliphatic rings. The van der Waals surface area contributed by atoms with E-state index in [1.54, 1.807) is 24.3 Å². The Bertz CT molecular complexity index is 957. The fourth-order valence-corrected chi connectivity index (χ4v) is 2.58. The Morgan fingerprint density at radius 3 is 2.60 bits per heavy atom. The maximum Gasteiger partial charge on any atom is 0.271 e. The number of hydrogen-bond donors (Lipinski definition) is 1. The third kappa shape index (κ3) is 3.37. The van der Waals surface area contributed by atoms with Gasteiger partial charge in [0.15, 0.2) is 6.10 Å². The van der Waals surface area contributed by atoms with Gasteiger partial charge in [0.25, 0.3) is 5.56 Å². The van der Waals surface area contributed by atoms with Crippen molar-refractivity contribution in [2.45, 2.75) is 26.9 Å². The number of rotatable bonds is 4. The SMILES string of the molecule is Cc1cc(OC(C)C(=O)c2c(C)c(C#N)c(=O)n(C)c2O)ccc1Cl. The summed E-state index contributed by atoms with van der Waals surface area (Å²) >= 11 is 5.96. The van der Waals surface area contributed by atoms with Crippen LogP contribution in [0.15, 0.2) is 23.0 Å². The number of Topliss-reactive ketones (excluding diaryl/α,β-unsaturated/α-hetero) is 1. The zero-order chi connectivity index (χ0) is 18.9. The molecule has 2 rings (SSSR count). The molecule has 130 valence electrons. The molecule has 1 unspecified atom stereocenters. The lowest BCUT2D eigenvalue weighted by molar-refractivity contribution is 0.0812. The van der Waals surface area contributed by atoms with Crippen molar-refractivity contribution < 1.29 is 14.6 Å². The number of nitrogens with zero attached hydrogens (tertiary/aromatic N) is 2. The van der Waals surface area contributed by atoms with Crippen molar-refractivity contribution in [1.82, 2.24) is 4.57 Å². The average Bonchev–Trinajstić information content (AvgIpc) is 2.56. The first-order valence-corrected chi connectivity index (χ1v) is 7.86. The van der Waals surface area contributed by atoms with Gasteiger partial charge in [-0.1, -0.05) is 11.6 Å². The average molecular weight is 361 g/mol. The number of ketones is 1. The van der Waals surface area contributed by atoms with Gasteiger partial charge in [-0.3, -0.25) is 14.2 Å². The minimum absolute atomic E-state index is 0.100. The van der Waals surface area contributed by atoms with E-state index < -0.39 is 23.3 Å². The molecule has 0 bridgehead atoms. The second kappa shape index (κ2) is 6.99. The Labute approximate surface area is 149 Å². The third-order valence-electron chi connectivity index (χ3n) is 3.98. The number of ether oxygens (including phenoxy) is 1. The van der Waals surface area contributed by atoms with Crippen LogP contribution in [0.2, 0.25) is 5.02 Å². The van der Waals surface area contributed by atoms with Gasteiger partial charge in [-0.2, -0.15) is 5.26 Å². The Morgan fingerprint density at radius 2 is 2.04 bits per heavy atom. The first-order valence-electron chi connectivity index (χ1n) is 7.48. The zero-order valence-corrected chi connectivity index (χ0v) is 15.0. The van der Waals surface area contributed by atoms with E-state index in [-0.39, 0.29) is 16.7 Å². The molecule has 0 saturated heterocycles. The lowest BCUT2D eigenvalue weighted by Crippen LogP contribution is -2.29. The molecule has 25 heavy (non-hydrogen) atoms. The number of aromatic hydroxyl groups is 1. The van der Waals surface area contributed by atoms with E-state index in [2.05, 4.69) is 0 Å². The smallest absolute Gasteiger partial charge is 0.271 e. The lowest BCUT2D eigenvalue weighted by atomic mass is 9.99. The molecule has 0 radical (unpaired) electrons. The molecule has 1 N–H and O–H groups in total. The third-order valence-corrected chi connectivity index (χ3v) is 4.40. The molecule has 0 amide bonds. The lowest BCUT2D eigenvalue weighted by Gasteiger charge is -2.18. The molecule has 0 spiro atoms. The molecule has 2 aromatic rings. The van der Waals surface area contributed by atoms with Crippen molar-refractivity contribution >= 4 is 17.4 Å².